The minimum Gasteiger partial charge on any atom is -0.503 e. The number of rotatable bonds is 3. The van der Waals surface area contributed by atoms with Crippen LogP contribution in [0, 0.1) is 0 Å². The van der Waals surface area contributed by atoms with E-state index in [1.807, 2.05) is 18.2 Å². The molecule has 1 aliphatic carbocycles. The first-order chi connectivity index (χ1) is 13.9. The van der Waals surface area contributed by atoms with Gasteiger partial charge in [0.15, 0.2) is 17.3 Å². The number of ketones is 1. The molecule has 4 rings (SSSR count). The number of aromatic hydroxyl groups is 1. The molecule has 1 atom stereocenters. The number of phenolic OH excluding ortho intramolecular Hbond substituents is 1. The smallest absolute Gasteiger partial charge is 0.336 e. The summed E-state index contributed by atoms with van der Waals surface area (Å²) in [6, 6.07) is 10.6. The van der Waals surface area contributed by atoms with E-state index in [-0.39, 0.29) is 17.3 Å². The Bertz CT molecular complexity index is 1130. The molecule has 29 heavy (non-hydrogen) atoms. The van der Waals surface area contributed by atoms with Gasteiger partial charge in [-0.1, -0.05) is 24.3 Å². The third-order valence-corrected chi connectivity index (χ3v) is 5.86. The maximum atomic E-state index is 13.3. The number of carbonyl (C=O) groups is 2. The number of phenols is 1. The molecule has 1 heterocycles. The lowest BCUT2D eigenvalue weighted by atomic mass is 9.79. The fourth-order valence-electron chi connectivity index (χ4n) is 3.96. The van der Waals surface area contributed by atoms with Crippen molar-refractivity contribution in [3.8, 4) is 11.5 Å². The maximum absolute atomic E-state index is 13.3. The van der Waals surface area contributed by atoms with E-state index >= 15 is 0 Å². The lowest BCUT2D eigenvalue weighted by Crippen LogP contribution is -2.29. The fourth-order valence-corrected chi connectivity index (χ4v) is 4.42. The first-order valence-electron chi connectivity index (χ1n) is 8.89. The number of dihydropyridines is 1. The van der Waals surface area contributed by atoms with Crippen LogP contribution in [0.5, 0.6) is 11.5 Å². The third-order valence-electron chi connectivity index (χ3n) is 5.26. The van der Waals surface area contributed by atoms with Crippen molar-refractivity contribution in [2.75, 3.05) is 14.2 Å². The Morgan fingerprint density at radius 2 is 1.86 bits per heavy atom. The molecule has 2 aliphatic rings. The van der Waals surface area contributed by atoms with E-state index in [9.17, 15) is 14.7 Å². The molecule has 0 aromatic heterocycles. The van der Waals surface area contributed by atoms with Gasteiger partial charge in [0, 0.05) is 28.3 Å². The number of Topliss-reactive ketones (excluding diaryl/α,β-unsaturated/α-hetero) is 1. The number of nitrogens with one attached hydrogen (secondary N) is 1. The number of hydrogen-bond acceptors (Lipinski definition) is 6. The van der Waals surface area contributed by atoms with Crippen molar-refractivity contribution in [1.29, 1.82) is 0 Å². The normalized spacial score (nSPS) is 17.7. The van der Waals surface area contributed by atoms with Gasteiger partial charge < -0.3 is 19.9 Å². The zero-order chi connectivity index (χ0) is 20.9. The Labute approximate surface area is 176 Å². The number of esters is 1. The zero-order valence-corrected chi connectivity index (χ0v) is 17.6. The zero-order valence-electron chi connectivity index (χ0n) is 16.0. The number of carbonyl (C=O) groups excluding carboxylic acids is 2. The summed E-state index contributed by atoms with van der Waals surface area (Å²) in [5, 5.41) is 13.4. The Balaban J connectivity index is 1.99. The van der Waals surface area contributed by atoms with Crippen molar-refractivity contribution in [2.24, 2.45) is 0 Å². The number of benzene rings is 2. The monoisotopic (exact) mass is 455 g/mol. The van der Waals surface area contributed by atoms with Crippen LogP contribution in [-0.4, -0.2) is 31.1 Å². The van der Waals surface area contributed by atoms with E-state index in [1.54, 1.807) is 25.1 Å². The summed E-state index contributed by atoms with van der Waals surface area (Å²) in [4.78, 5) is 26.0. The van der Waals surface area contributed by atoms with Gasteiger partial charge in [0.1, 0.15) is 0 Å². The molecule has 2 N–H and O–H groups in total. The number of methoxy groups -OCH3 is 2. The van der Waals surface area contributed by atoms with Gasteiger partial charge in [0.2, 0.25) is 0 Å². The summed E-state index contributed by atoms with van der Waals surface area (Å²) in [7, 11) is 2.75. The van der Waals surface area contributed by atoms with Gasteiger partial charge >= 0.3 is 5.97 Å². The van der Waals surface area contributed by atoms with Crippen molar-refractivity contribution < 1.29 is 24.2 Å². The van der Waals surface area contributed by atoms with Gasteiger partial charge in [-0.25, -0.2) is 4.79 Å². The largest absolute Gasteiger partial charge is 0.503 e. The first kappa shape index (κ1) is 19.3. The Morgan fingerprint density at radius 1 is 1.17 bits per heavy atom. The standard InChI is InChI=1S/C22H18BrNO5/c1-10-16(22(27)29-3)17(11-8-14(23)21(26)15(9-11)28-2)18-19(24-10)12-6-4-5-7-13(12)20(18)25/h4-9,17,24,26H,1-3H3. The molecule has 0 amide bonds. The number of hydrogen-bond donors (Lipinski definition) is 2. The molecule has 0 radical (unpaired) electrons. The predicted molar refractivity (Wildman–Crippen MR) is 111 cm³/mol. The fraction of sp³-hybridized carbons (Fsp3) is 0.182. The van der Waals surface area contributed by atoms with Crippen LogP contribution >= 0.6 is 15.9 Å². The van der Waals surface area contributed by atoms with Crippen molar-refractivity contribution in [3.05, 3.63) is 74.4 Å². The predicted octanol–water partition coefficient (Wildman–Crippen LogP) is 3.90. The van der Waals surface area contributed by atoms with Crippen LogP contribution in [0.25, 0.3) is 5.70 Å². The molecule has 148 valence electrons. The number of allylic oxidation sites excluding steroid dienone is 2. The molecule has 0 fully saturated rings. The molecular weight excluding hydrogens is 438 g/mol. The summed E-state index contributed by atoms with van der Waals surface area (Å²) in [5.41, 5.74) is 4.10. The van der Waals surface area contributed by atoms with Crippen molar-refractivity contribution in [3.63, 3.8) is 0 Å². The summed E-state index contributed by atoms with van der Waals surface area (Å²) < 4.78 is 10.7. The highest BCUT2D eigenvalue weighted by molar-refractivity contribution is 9.10. The van der Waals surface area contributed by atoms with Crippen LogP contribution in [0.1, 0.15) is 34.3 Å². The topological polar surface area (TPSA) is 84.9 Å². The Hall–Kier alpha value is -3.06. The van der Waals surface area contributed by atoms with E-state index < -0.39 is 11.9 Å². The van der Waals surface area contributed by atoms with Crippen LogP contribution in [-0.2, 0) is 9.53 Å². The van der Waals surface area contributed by atoms with Crippen LogP contribution < -0.4 is 10.1 Å². The molecule has 0 saturated heterocycles. The average Bonchev–Trinajstić information content (AvgIpc) is 3.00. The van der Waals surface area contributed by atoms with E-state index in [0.29, 0.717) is 38.1 Å². The molecule has 2 aromatic carbocycles. The second-order valence-electron chi connectivity index (χ2n) is 6.81. The molecule has 2 aromatic rings. The molecule has 0 spiro atoms. The average molecular weight is 456 g/mol. The molecule has 7 heteroatoms. The minimum absolute atomic E-state index is 0.0549. The second-order valence-corrected chi connectivity index (χ2v) is 7.66. The van der Waals surface area contributed by atoms with Gasteiger partial charge in [-0.05, 0) is 40.5 Å². The van der Waals surface area contributed by atoms with Crippen molar-refractivity contribution >= 4 is 33.4 Å². The summed E-state index contributed by atoms with van der Waals surface area (Å²) in [5.74, 6) is -1.17. The van der Waals surface area contributed by atoms with Crippen molar-refractivity contribution in [2.45, 2.75) is 12.8 Å². The van der Waals surface area contributed by atoms with Crippen LogP contribution in [0.3, 0.4) is 0 Å². The molecule has 6 nitrogen and oxygen atoms in total. The minimum atomic E-state index is -0.676. The molecule has 1 unspecified atom stereocenters. The SMILES string of the molecule is COC(=O)C1=C(C)NC2=C(C(=O)c3ccccc32)C1c1cc(Br)c(O)c(OC)c1. The Kier molecular flexibility index (Phi) is 4.70. The summed E-state index contributed by atoms with van der Waals surface area (Å²) in [6.07, 6.45) is 0. The lowest BCUT2D eigenvalue weighted by molar-refractivity contribution is -0.136. The van der Waals surface area contributed by atoms with Gasteiger partial charge in [0.05, 0.1) is 30.0 Å². The molecule has 0 bridgehead atoms. The number of halogens is 1. The lowest BCUT2D eigenvalue weighted by Gasteiger charge is -2.29. The summed E-state index contributed by atoms with van der Waals surface area (Å²) >= 11 is 3.33. The summed E-state index contributed by atoms with van der Waals surface area (Å²) in [6.45, 7) is 1.78. The van der Waals surface area contributed by atoms with E-state index in [1.165, 1.54) is 14.2 Å². The van der Waals surface area contributed by atoms with Gasteiger partial charge in [-0.3, -0.25) is 4.79 Å². The van der Waals surface area contributed by atoms with Gasteiger partial charge in [0.25, 0.3) is 0 Å². The van der Waals surface area contributed by atoms with E-state index in [0.717, 1.165) is 5.56 Å². The highest BCUT2D eigenvalue weighted by Crippen LogP contribution is 2.49. The van der Waals surface area contributed by atoms with Crippen LogP contribution in [0.2, 0.25) is 0 Å². The molecular formula is C22H18BrNO5. The molecule has 1 aliphatic heterocycles. The highest BCUT2D eigenvalue weighted by atomic mass is 79.9. The number of fused-ring (bicyclic) bond motifs is 2. The van der Waals surface area contributed by atoms with Gasteiger partial charge in [-0.15, -0.1) is 0 Å². The van der Waals surface area contributed by atoms with Gasteiger partial charge in [-0.2, -0.15) is 0 Å². The molecule has 0 saturated carbocycles. The maximum Gasteiger partial charge on any atom is 0.336 e. The third kappa shape index (κ3) is 2.84. The highest BCUT2D eigenvalue weighted by Gasteiger charge is 2.43. The number of ether oxygens (including phenoxy) is 2. The van der Waals surface area contributed by atoms with E-state index in [4.69, 9.17) is 9.47 Å². The van der Waals surface area contributed by atoms with E-state index in [2.05, 4.69) is 21.2 Å². The quantitative estimate of drug-likeness (QED) is 0.682. The second kappa shape index (κ2) is 7.08. The van der Waals surface area contributed by atoms with Crippen LogP contribution in [0.4, 0.5) is 0 Å². The van der Waals surface area contributed by atoms with Crippen molar-refractivity contribution in [1.82, 2.24) is 5.32 Å². The first-order valence-corrected chi connectivity index (χ1v) is 9.69. The Morgan fingerprint density at radius 3 is 2.52 bits per heavy atom. The van der Waals surface area contributed by atoms with Crippen LogP contribution in [0.15, 0.2) is 57.7 Å².